The van der Waals surface area contributed by atoms with Crippen LogP contribution >= 0.6 is 0 Å². The van der Waals surface area contributed by atoms with E-state index in [2.05, 4.69) is 13.2 Å². The lowest BCUT2D eigenvalue weighted by atomic mass is 10.2. The van der Waals surface area contributed by atoms with Gasteiger partial charge in [0.1, 0.15) is 0 Å². The van der Waals surface area contributed by atoms with Gasteiger partial charge in [0.2, 0.25) is 0 Å². The first-order valence-corrected chi connectivity index (χ1v) is 2.53. The zero-order valence-electron chi connectivity index (χ0n) is 4.86. The fourth-order valence-corrected chi connectivity index (χ4v) is 0.397. The summed E-state index contributed by atoms with van der Waals surface area (Å²) in [4.78, 5) is 0. The molecule has 1 heteroatoms. The van der Waals surface area contributed by atoms with Gasteiger partial charge in [-0.1, -0.05) is 12.2 Å². The summed E-state index contributed by atoms with van der Waals surface area (Å²) in [5.74, 6) is 0. The highest BCUT2D eigenvalue weighted by Crippen LogP contribution is 2.12. The number of allylic oxidation sites excluding steroid dienone is 2. The molecule has 0 aliphatic carbocycles. The van der Waals surface area contributed by atoms with Crippen LogP contribution in [-0.4, -0.2) is 0 Å². The maximum atomic E-state index is 12.2. The smallest absolute Gasteiger partial charge is 0.152 e. The summed E-state index contributed by atoms with van der Waals surface area (Å²) in [7, 11) is 0. The second-order valence-corrected chi connectivity index (χ2v) is 1.50. The molecule has 0 aliphatic rings. The third-order valence-corrected chi connectivity index (χ3v) is 0.732. The highest BCUT2D eigenvalue weighted by atomic mass is 19.1. The van der Waals surface area contributed by atoms with Crippen molar-refractivity contribution in [2.24, 2.45) is 0 Å². The number of rotatable bonds is 4. The Bertz CT molecular complexity index is 66.5. The quantitative estimate of drug-likeness (QED) is 0.491. The van der Waals surface area contributed by atoms with Crippen molar-refractivity contribution >= 4 is 0 Å². The van der Waals surface area contributed by atoms with E-state index >= 15 is 0 Å². The third kappa shape index (κ3) is 3.59. The second-order valence-electron chi connectivity index (χ2n) is 1.50. The van der Waals surface area contributed by atoms with E-state index in [1.54, 1.807) is 12.2 Å². The fourth-order valence-electron chi connectivity index (χ4n) is 0.397. The molecule has 45 valence electrons. The predicted octanol–water partition coefficient (Wildman–Crippen LogP) is 2.64. The molecular weight excluding hydrogens is 103 g/mol. The zero-order valence-corrected chi connectivity index (χ0v) is 4.86. The van der Waals surface area contributed by atoms with E-state index in [4.69, 9.17) is 0 Å². The Morgan fingerprint density at radius 3 is 1.88 bits per heavy atom. The summed E-state index contributed by atoms with van der Waals surface area (Å²) in [6, 6.07) is 0. The molecular formula is C7H10F. The van der Waals surface area contributed by atoms with Gasteiger partial charge in [-0.05, 0) is 0 Å². The van der Waals surface area contributed by atoms with E-state index in [0.29, 0.717) is 12.8 Å². The van der Waals surface area contributed by atoms with E-state index in [-0.39, 0.29) is 6.17 Å². The van der Waals surface area contributed by atoms with E-state index in [9.17, 15) is 4.39 Å². The molecule has 1 radical (unpaired) electrons. The summed E-state index contributed by atoms with van der Waals surface area (Å²) >= 11 is 0. The summed E-state index contributed by atoms with van der Waals surface area (Å²) in [6.45, 7) is 6.78. The molecule has 0 heterocycles. The highest BCUT2D eigenvalue weighted by Gasteiger charge is 1.99. The van der Waals surface area contributed by atoms with Crippen LogP contribution < -0.4 is 0 Å². The van der Waals surface area contributed by atoms with Gasteiger partial charge in [0, 0.05) is 12.8 Å². The van der Waals surface area contributed by atoms with Crippen LogP contribution in [0.3, 0.4) is 0 Å². The van der Waals surface area contributed by atoms with Gasteiger partial charge in [-0.15, -0.1) is 13.2 Å². The lowest BCUT2D eigenvalue weighted by Gasteiger charge is -1.95. The van der Waals surface area contributed by atoms with Crippen LogP contribution in [0.4, 0.5) is 4.39 Å². The molecule has 0 bridgehead atoms. The minimum absolute atomic E-state index is 0.0741. The van der Waals surface area contributed by atoms with Crippen molar-refractivity contribution in [3.8, 4) is 0 Å². The number of hydrogen-bond acceptors (Lipinski definition) is 0. The Balaban J connectivity index is 3.16. The third-order valence-electron chi connectivity index (χ3n) is 0.732. The van der Waals surface area contributed by atoms with Gasteiger partial charge < -0.3 is 0 Å². The van der Waals surface area contributed by atoms with Crippen molar-refractivity contribution in [1.82, 2.24) is 0 Å². The van der Waals surface area contributed by atoms with Crippen LogP contribution in [0.1, 0.15) is 12.8 Å². The lowest BCUT2D eigenvalue weighted by molar-refractivity contribution is 0.475. The lowest BCUT2D eigenvalue weighted by Crippen LogP contribution is -1.82. The van der Waals surface area contributed by atoms with Gasteiger partial charge in [0.15, 0.2) is 6.17 Å². The van der Waals surface area contributed by atoms with E-state index < -0.39 is 0 Å². The molecule has 0 N–H and O–H groups in total. The Kier molecular flexibility index (Phi) is 4.23. The molecule has 0 amide bonds. The largest absolute Gasteiger partial charge is 0.240 e. The Morgan fingerprint density at radius 2 is 1.62 bits per heavy atom. The van der Waals surface area contributed by atoms with Gasteiger partial charge in [-0.25, -0.2) is 4.39 Å². The first-order chi connectivity index (χ1) is 3.81. The highest BCUT2D eigenvalue weighted by molar-refractivity contribution is 4.91. The van der Waals surface area contributed by atoms with Crippen LogP contribution in [0.25, 0.3) is 0 Å². The van der Waals surface area contributed by atoms with Gasteiger partial charge >= 0.3 is 0 Å². The molecule has 0 aliphatic heterocycles. The number of halogens is 1. The normalized spacial score (nSPS) is 9.25. The van der Waals surface area contributed by atoms with Crippen molar-refractivity contribution < 1.29 is 4.39 Å². The molecule has 0 aromatic rings. The Hall–Kier alpha value is -0.590. The predicted molar refractivity (Wildman–Crippen MR) is 34.0 cm³/mol. The van der Waals surface area contributed by atoms with Crippen molar-refractivity contribution in [2.45, 2.75) is 12.8 Å². The monoisotopic (exact) mass is 113 g/mol. The van der Waals surface area contributed by atoms with Gasteiger partial charge in [0.05, 0.1) is 0 Å². The van der Waals surface area contributed by atoms with E-state index in [1.165, 1.54) is 0 Å². The molecule has 0 aromatic carbocycles. The van der Waals surface area contributed by atoms with Gasteiger partial charge in [-0.2, -0.15) is 0 Å². The summed E-state index contributed by atoms with van der Waals surface area (Å²) in [5, 5.41) is 0. The molecule has 0 spiro atoms. The maximum absolute atomic E-state index is 12.2. The second kappa shape index (κ2) is 4.57. The summed E-state index contributed by atoms with van der Waals surface area (Å²) < 4.78 is 12.2. The molecule has 0 atom stereocenters. The molecule has 0 rings (SSSR count). The molecule has 0 saturated heterocycles. The van der Waals surface area contributed by atoms with E-state index in [0.717, 1.165) is 0 Å². The zero-order chi connectivity index (χ0) is 6.41. The minimum Gasteiger partial charge on any atom is -0.240 e. The average molecular weight is 113 g/mol. The first kappa shape index (κ1) is 7.41. The van der Waals surface area contributed by atoms with Crippen molar-refractivity contribution in [3.63, 3.8) is 0 Å². The van der Waals surface area contributed by atoms with Crippen LogP contribution in [0.2, 0.25) is 0 Å². The topological polar surface area (TPSA) is 0 Å². The minimum atomic E-state index is -0.0741. The van der Waals surface area contributed by atoms with Gasteiger partial charge in [-0.3, -0.25) is 0 Å². The molecule has 0 nitrogen and oxygen atoms in total. The van der Waals surface area contributed by atoms with Crippen LogP contribution in [-0.2, 0) is 0 Å². The van der Waals surface area contributed by atoms with E-state index in [1.807, 2.05) is 0 Å². The van der Waals surface area contributed by atoms with Crippen LogP contribution in [0.5, 0.6) is 0 Å². The van der Waals surface area contributed by atoms with Crippen molar-refractivity contribution in [2.75, 3.05) is 0 Å². The molecule has 8 heavy (non-hydrogen) atoms. The molecule has 0 unspecified atom stereocenters. The Labute approximate surface area is 49.7 Å². The maximum Gasteiger partial charge on any atom is 0.152 e. The first-order valence-electron chi connectivity index (χ1n) is 2.53. The molecule has 0 fully saturated rings. The standard InChI is InChI=1S/C7H10F/c1-3-5-7(8)6-4-2/h3-4H,1-2,5-6H2. The molecule has 0 saturated carbocycles. The number of hydrogen-bond donors (Lipinski definition) is 0. The SMILES string of the molecule is C=CC[C](F)CC=C. The average Bonchev–Trinajstić information content (AvgIpc) is 1.68. The summed E-state index contributed by atoms with van der Waals surface area (Å²) in [6.07, 6.45) is 3.71. The van der Waals surface area contributed by atoms with Crippen molar-refractivity contribution in [1.29, 1.82) is 0 Å². The Morgan fingerprint density at radius 1 is 1.25 bits per heavy atom. The van der Waals surface area contributed by atoms with Crippen LogP contribution in [0, 0.1) is 6.17 Å². The molecule has 0 aromatic heterocycles. The van der Waals surface area contributed by atoms with Gasteiger partial charge in [0.25, 0.3) is 0 Å². The van der Waals surface area contributed by atoms with Crippen LogP contribution in [0.15, 0.2) is 25.3 Å². The fraction of sp³-hybridized carbons (Fsp3) is 0.286. The van der Waals surface area contributed by atoms with Crippen molar-refractivity contribution in [3.05, 3.63) is 31.5 Å². The summed E-state index contributed by atoms with van der Waals surface area (Å²) in [5.41, 5.74) is 0.